The zero-order chi connectivity index (χ0) is 19.7. The standard InChI is InChI=1S/C20H19N5O2S/c1-13(26)14-7-9-15(10-8-14)21-18(27)11-28-20-23-22-19-16-5-3-4-6-17(16)24(2)12-25(19)20/h3-10H,11-12H2,1-2H3,(H,21,27). The third-order valence-corrected chi connectivity index (χ3v) is 5.50. The highest BCUT2D eigenvalue weighted by atomic mass is 32.2. The van der Waals surface area contributed by atoms with Crippen LogP contribution in [0.3, 0.4) is 0 Å². The van der Waals surface area contributed by atoms with Gasteiger partial charge in [-0.1, -0.05) is 23.9 Å². The molecule has 1 N–H and O–H groups in total. The van der Waals surface area contributed by atoms with Crippen molar-refractivity contribution < 1.29 is 9.59 Å². The Morgan fingerprint density at radius 3 is 2.61 bits per heavy atom. The number of thioether (sulfide) groups is 1. The molecule has 7 nitrogen and oxygen atoms in total. The fourth-order valence-corrected chi connectivity index (χ4v) is 3.85. The van der Waals surface area contributed by atoms with Crippen molar-refractivity contribution in [1.29, 1.82) is 0 Å². The number of Topliss-reactive ketones (excluding diaryl/α,β-unsaturated/α-hetero) is 1. The minimum absolute atomic E-state index is 0.00319. The molecule has 1 aliphatic heterocycles. The van der Waals surface area contributed by atoms with Gasteiger partial charge in [0.25, 0.3) is 0 Å². The number of hydrogen-bond donors (Lipinski definition) is 1. The molecule has 1 aromatic heterocycles. The molecule has 1 aliphatic rings. The fourth-order valence-electron chi connectivity index (χ4n) is 3.12. The predicted molar refractivity (Wildman–Crippen MR) is 110 cm³/mol. The van der Waals surface area contributed by atoms with E-state index in [-0.39, 0.29) is 17.4 Å². The highest BCUT2D eigenvalue weighted by Gasteiger charge is 2.24. The smallest absolute Gasteiger partial charge is 0.234 e. The average molecular weight is 393 g/mol. The van der Waals surface area contributed by atoms with Gasteiger partial charge in [-0.3, -0.25) is 14.2 Å². The summed E-state index contributed by atoms with van der Waals surface area (Å²) in [6, 6.07) is 14.9. The number of hydrogen-bond acceptors (Lipinski definition) is 6. The fraction of sp³-hybridized carbons (Fsp3) is 0.200. The van der Waals surface area contributed by atoms with Crippen LogP contribution in [-0.4, -0.2) is 39.3 Å². The molecule has 2 heterocycles. The van der Waals surface area contributed by atoms with Crippen LogP contribution >= 0.6 is 11.8 Å². The summed E-state index contributed by atoms with van der Waals surface area (Å²) < 4.78 is 2.02. The van der Waals surface area contributed by atoms with Gasteiger partial charge < -0.3 is 10.2 Å². The van der Waals surface area contributed by atoms with Crippen LogP contribution in [0.1, 0.15) is 17.3 Å². The lowest BCUT2D eigenvalue weighted by molar-refractivity contribution is -0.113. The molecule has 142 valence electrons. The summed E-state index contributed by atoms with van der Waals surface area (Å²) in [5.41, 5.74) is 3.43. The molecule has 0 atom stereocenters. The molecule has 1 amide bonds. The van der Waals surface area contributed by atoms with E-state index in [1.54, 1.807) is 24.3 Å². The Kier molecular flexibility index (Phi) is 4.87. The summed E-state index contributed by atoms with van der Waals surface area (Å²) in [5, 5.41) is 12.1. The monoisotopic (exact) mass is 393 g/mol. The zero-order valence-corrected chi connectivity index (χ0v) is 16.4. The molecule has 0 unspecified atom stereocenters. The van der Waals surface area contributed by atoms with Gasteiger partial charge in [0.15, 0.2) is 16.8 Å². The van der Waals surface area contributed by atoms with Crippen LogP contribution in [0, 0.1) is 0 Å². The predicted octanol–water partition coefficient (Wildman–Crippen LogP) is 3.29. The third kappa shape index (κ3) is 3.50. The van der Waals surface area contributed by atoms with E-state index in [1.807, 2.05) is 29.8 Å². The lowest BCUT2D eigenvalue weighted by Gasteiger charge is -2.28. The molecular formula is C20H19N5O2S. The molecule has 0 spiro atoms. The summed E-state index contributed by atoms with van der Waals surface area (Å²) in [7, 11) is 2.02. The van der Waals surface area contributed by atoms with Crippen molar-refractivity contribution >= 4 is 34.8 Å². The lowest BCUT2D eigenvalue weighted by Crippen LogP contribution is -2.27. The van der Waals surface area contributed by atoms with Crippen molar-refractivity contribution in [2.75, 3.05) is 23.0 Å². The van der Waals surface area contributed by atoms with Gasteiger partial charge in [-0.05, 0) is 43.3 Å². The number of anilines is 2. The summed E-state index contributed by atoms with van der Waals surface area (Å²) in [6.07, 6.45) is 0. The first-order valence-corrected chi connectivity index (χ1v) is 9.79. The second kappa shape index (κ2) is 7.47. The van der Waals surface area contributed by atoms with Crippen molar-refractivity contribution in [2.24, 2.45) is 0 Å². The number of amides is 1. The Hall–Kier alpha value is -3.13. The van der Waals surface area contributed by atoms with Crippen LogP contribution in [0.2, 0.25) is 0 Å². The quantitative estimate of drug-likeness (QED) is 0.529. The molecule has 0 radical (unpaired) electrons. The normalized spacial score (nSPS) is 12.3. The minimum Gasteiger partial charge on any atom is -0.356 e. The molecule has 3 aromatic rings. The molecular weight excluding hydrogens is 374 g/mol. The number of nitrogens with one attached hydrogen (secondary N) is 1. The largest absolute Gasteiger partial charge is 0.356 e. The highest BCUT2D eigenvalue weighted by molar-refractivity contribution is 7.99. The first-order chi connectivity index (χ1) is 13.5. The van der Waals surface area contributed by atoms with Gasteiger partial charge in [0.2, 0.25) is 5.91 Å². The highest BCUT2D eigenvalue weighted by Crippen LogP contribution is 2.35. The van der Waals surface area contributed by atoms with Gasteiger partial charge in [-0.15, -0.1) is 10.2 Å². The number of carbonyl (C=O) groups excluding carboxylic acids is 2. The molecule has 0 saturated heterocycles. The number of fused-ring (bicyclic) bond motifs is 3. The maximum Gasteiger partial charge on any atom is 0.234 e. The molecule has 0 bridgehead atoms. The van der Waals surface area contributed by atoms with Crippen LogP contribution < -0.4 is 10.2 Å². The molecule has 0 saturated carbocycles. The molecule has 8 heteroatoms. The number of carbonyl (C=O) groups is 2. The van der Waals surface area contributed by atoms with Gasteiger partial charge in [-0.25, -0.2) is 0 Å². The molecule has 28 heavy (non-hydrogen) atoms. The van der Waals surface area contributed by atoms with Gasteiger partial charge in [0, 0.05) is 29.5 Å². The SMILES string of the molecule is CC(=O)c1ccc(NC(=O)CSc2nnc3n2CN(C)c2ccccc2-3)cc1. The van der Waals surface area contributed by atoms with E-state index >= 15 is 0 Å². The van der Waals surface area contributed by atoms with Crippen LogP contribution in [-0.2, 0) is 11.5 Å². The van der Waals surface area contributed by atoms with Crippen molar-refractivity contribution in [3.63, 3.8) is 0 Å². The first kappa shape index (κ1) is 18.2. The van der Waals surface area contributed by atoms with E-state index in [1.165, 1.54) is 18.7 Å². The lowest BCUT2D eigenvalue weighted by atomic mass is 10.1. The van der Waals surface area contributed by atoms with Gasteiger partial charge in [0.05, 0.1) is 12.4 Å². The minimum atomic E-state index is -0.137. The summed E-state index contributed by atoms with van der Waals surface area (Å²) >= 11 is 1.35. The van der Waals surface area contributed by atoms with Crippen molar-refractivity contribution in [3.05, 3.63) is 54.1 Å². The van der Waals surface area contributed by atoms with Crippen molar-refractivity contribution in [3.8, 4) is 11.4 Å². The van der Waals surface area contributed by atoms with Crippen LogP contribution in [0.15, 0.2) is 53.7 Å². The number of nitrogens with zero attached hydrogens (tertiary/aromatic N) is 4. The number of ketones is 1. The second-order valence-electron chi connectivity index (χ2n) is 6.56. The van der Waals surface area contributed by atoms with E-state index in [2.05, 4.69) is 26.5 Å². The molecule has 2 aromatic carbocycles. The van der Waals surface area contributed by atoms with Crippen LogP contribution in [0.4, 0.5) is 11.4 Å². The summed E-state index contributed by atoms with van der Waals surface area (Å²) in [4.78, 5) is 25.7. The van der Waals surface area contributed by atoms with E-state index in [0.29, 0.717) is 23.1 Å². The van der Waals surface area contributed by atoms with Gasteiger partial charge in [0.1, 0.15) is 0 Å². The van der Waals surface area contributed by atoms with E-state index in [0.717, 1.165) is 17.1 Å². The van der Waals surface area contributed by atoms with Crippen LogP contribution in [0.5, 0.6) is 0 Å². The van der Waals surface area contributed by atoms with Gasteiger partial charge >= 0.3 is 0 Å². The van der Waals surface area contributed by atoms with Crippen molar-refractivity contribution in [2.45, 2.75) is 18.7 Å². The maximum absolute atomic E-state index is 12.3. The third-order valence-electron chi connectivity index (χ3n) is 4.53. The Balaban J connectivity index is 1.43. The molecule has 0 fully saturated rings. The first-order valence-electron chi connectivity index (χ1n) is 8.80. The summed E-state index contributed by atoms with van der Waals surface area (Å²) in [5.74, 6) is 0.897. The van der Waals surface area contributed by atoms with E-state index in [9.17, 15) is 9.59 Å². The van der Waals surface area contributed by atoms with Crippen LogP contribution in [0.25, 0.3) is 11.4 Å². The molecule has 4 rings (SSSR count). The average Bonchev–Trinajstić information content (AvgIpc) is 3.10. The molecule has 0 aliphatic carbocycles. The topological polar surface area (TPSA) is 80.1 Å². The number of para-hydroxylation sites is 1. The van der Waals surface area contributed by atoms with E-state index in [4.69, 9.17) is 0 Å². The Morgan fingerprint density at radius 1 is 1.11 bits per heavy atom. The second-order valence-corrected chi connectivity index (χ2v) is 7.50. The maximum atomic E-state index is 12.3. The van der Waals surface area contributed by atoms with Crippen molar-refractivity contribution in [1.82, 2.24) is 14.8 Å². The van der Waals surface area contributed by atoms with E-state index < -0.39 is 0 Å². The summed E-state index contributed by atoms with van der Waals surface area (Å²) in [6.45, 7) is 2.15. The Morgan fingerprint density at radius 2 is 1.86 bits per heavy atom. The Bertz CT molecular complexity index is 1050. The number of aromatic nitrogens is 3. The zero-order valence-electron chi connectivity index (χ0n) is 15.5. The number of benzene rings is 2. The Labute approximate surface area is 166 Å². The van der Waals surface area contributed by atoms with Gasteiger partial charge in [-0.2, -0.15) is 0 Å². The number of rotatable bonds is 5.